The largest absolute Gasteiger partial charge is 0.744 e. The lowest BCUT2D eigenvalue weighted by Crippen LogP contribution is -3.61. The highest BCUT2D eigenvalue weighted by atomic mass is 127. The van der Waals surface area contributed by atoms with Gasteiger partial charge in [-0.25, -0.2) is 30.4 Å². The molecule has 0 N–H and O–H groups in total. The van der Waals surface area contributed by atoms with Crippen LogP contribution >= 0.6 is 23.2 Å². The fraction of sp³-hybridized carbons (Fsp3) is 0. The maximum absolute atomic E-state index is 12.6. The van der Waals surface area contributed by atoms with Crippen LogP contribution in [0.25, 0.3) is 0 Å². The molecule has 0 fully saturated rings. The summed E-state index contributed by atoms with van der Waals surface area (Å²) in [5.74, 6) is -12.8. The average molecular weight is 597 g/mol. The third-order valence-electron chi connectivity index (χ3n) is 3.24. The van der Waals surface area contributed by atoms with Gasteiger partial charge >= 0.3 is 21.2 Å². The summed E-state index contributed by atoms with van der Waals surface area (Å²) in [6, 6.07) is 16.1. The van der Waals surface area contributed by atoms with Gasteiger partial charge in [0.05, 0.1) is 0 Å². The van der Waals surface area contributed by atoms with E-state index in [0.29, 0.717) is 0 Å². The second kappa shape index (κ2) is 10.2. The molecule has 0 saturated carbocycles. The summed E-state index contributed by atoms with van der Waals surface area (Å²) in [6.07, 6.45) is 0. The molecule has 3 nitrogen and oxygen atoms in total. The van der Waals surface area contributed by atoms with E-state index in [2.05, 4.69) is 24.3 Å². The van der Waals surface area contributed by atoms with E-state index < -0.39 is 44.1 Å². The molecule has 0 aliphatic rings. The molecule has 0 amide bonds. The van der Waals surface area contributed by atoms with Crippen molar-refractivity contribution in [3.05, 3.63) is 94.8 Å². The summed E-state index contributed by atoms with van der Waals surface area (Å²) in [4.78, 5) is -2.38. The number of halogens is 8. The lowest BCUT2D eigenvalue weighted by Gasteiger charge is -2.10. The minimum Gasteiger partial charge on any atom is -0.744 e. The zero-order valence-corrected chi connectivity index (χ0v) is 18.8. The molecule has 0 radical (unpaired) electrons. The van der Waals surface area contributed by atoms with Gasteiger partial charge in [0.25, 0.3) is 0 Å². The van der Waals surface area contributed by atoms with Crippen LogP contribution in [0.1, 0.15) is 0 Å². The van der Waals surface area contributed by atoms with Crippen molar-refractivity contribution >= 4 is 33.3 Å². The van der Waals surface area contributed by atoms with E-state index in [-0.39, 0.29) is 21.2 Å². The highest BCUT2D eigenvalue weighted by Gasteiger charge is 2.28. The van der Waals surface area contributed by atoms with E-state index in [9.17, 15) is 34.9 Å². The standard InChI is InChI=1S/C12H8Cl2I.C6HF5O3S/c13-9-1-5-11(6-2-9)15-12-7-3-10(14)4-8-12;7-1-2(8)4(10)6(15(12,13)14)5(11)3(1)9/h1-8H;(H,12,13,14)/q+1;/p-1. The highest BCUT2D eigenvalue weighted by Crippen LogP contribution is 2.26. The van der Waals surface area contributed by atoms with Crippen molar-refractivity contribution in [2.45, 2.75) is 4.90 Å². The van der Waals surface area contributed by atoms with Gasteiger partial charge in [-0.1, -0.05) is 23.2 Å². The van der Waals surface area contributed by atoms with Crippen molar-refractivity contribution in [1.82, 2.24) is 0 Å². The first kappa shape index (κ1) is 24.8. The van der Waals surface area contributed by atoms with Crippen LogP contribution in [0.15, 0.2) is 53.4 Å². The third kappa shape index (κ3) is 6.27. The average Bonchev–Trinajstić information content (AvgIpc) is 2.68. The van der Waals surface area contributed by atoms with E-state index in [1.165, 1.54) is 7.14 Å². The van der Waals surface area contributed by atoms with Crippen LogP contribution < -0.4 is 21.2 Å². The molecule has 0 aromatic heterocycles. The molecule has 0 atom stereocenters. The Balaban J connectivity index is 0.000000214. The van der Waals surface area contributed by atoms with Crippen LogP contribution in [0, 0.1) is 36.2 Å². The van der Waals surface area contributed by atoms with Gasteiger partial charge in [0.2, 0.25) is 5.82 Å². The van der Waals surface area contributed by atoms with Gasteiger partial charge in [0, 0.05) is 10.0 Å². The number of benzene rings is 3. The van der Waals surface area contributed by atoms with Crippen molar-refractivity contribution in [2.75, 3.05) is 0 Å². The van der Waals surface area contributed by atoms with Crippen LogP contribution in [0.5, 0.6) is 0 Å². The SMILES string of the molecule is Clc1ccc([I+]c2ccc(Cl)cc2)cc1.O=S(=O)([O-])c1c(F)c(F)c(F)c(F)c1F. The second-order valence-corrected chi connectivity index (χ2v) is 10.5. The Labute approximate surface area is 188 Å². The van der Waals surface area contributed by atoms with Crippen molar-refractivity contribution in [3.63, 3.8) is 0 Å². The normalized spacial score (nSPS) is 11.1. The maximum atomic E-state index is 12.6. The Hall–Kier alpha value is -1.47. The predicted octanol–water partition coefficient (Wildman–Crippen LogP) is 2.41. The molecule has 12 heteroatoms. The van der Waals surface area contributed by atoms with Crippen LogP contribution in [0.2, 0.25) is 10.0 Å². The van der Waals surface area contributed by atoms with E-state index in [0.717, 1.165) is 10.0 Å². The van der Waals surface area contributed by atoms with Crippen LogP contribution in [-0.2, 0) is 10.1 Å². The van der Waals surface area contributed by atoms with E-state index in [1.54, 1.807) is 0 Å². The molecule has 3 aromatic rings. The molecule has 0 saturated heterocycles. The van der Waals surface area contributed by atoms with Gasteiger partial charge in [-0.2, -0.15) is 0 Å². The van der Waals surface area contributed by atoms with E-state index in [1.807, 2.05) is 24.3 Å². The monoisotopic (exact) mass is 596 g/mol. The van der Waals surface area contributed by atoms with Gasteiger partial charge in [-0.15, -0.1) is 0 Å². The molecule has 0 aliphatic heterocycles. The molecule has 0 spiro atoms. The Bertz CT molecular complexity index is 1090. The number of rotatable bonds is 3. The highest BCUT2D eigenvalue weighted by molar-refractivity contribution is 7.85. The molecule has 160 valence electrons. The minimum atomic E-state index is -5.77. The lowest BCUT2D eigenvalue weighted by atomic mass is 10.3. The Morgan fingerprint density at radius 1 is 0.633 bits per heavy atom. The van der Waals surface area contributed by atoms with Crippen LogP contribution in [0.3, 0.4) is 0 Å². The molecule has 0 aliphatic carbocycles. The van der Waals surface area contributed by atoms with Crippen molar-refractivity contribution < 1.29 is 56.1 Å². The zero-order chi connectivity index (χ0) is 22.6. The minimum absolute atomic E-state index is 0.114. The summed E-state index contributed by atoms with van der Waals surface area (Å²) in [6.45, 7) is 0. The summed E-state index contributed by atoms with van der Waals surface area (Å²) >= 11 is 11.5. The van der Waals surface area contributed by atoms with Gasteiger partial charge in [-0.3, -0.25) is 0 Å². The fourth-order valence-electron chi connectivity index (χ4n) is 1.92. The molecular formula is C18H8Cl2F5IO3S. The maximum Gasteiger partial charge on any atom is 0.357 e. The fourth-order valence-corrected chi connectivity index (χ4v) is 4.94. The quantitative estimate of drug-likeness (QED) is 0.153. The molecule has 3 rings (SSSR count). The molecule has 0 bridgehead atoms. The summed E-state index contributed by atoms with van der Waals surface area (Å²) in [5, 5.41) is 1.58. The first-order valence-electron chi connectivity index (χ1n) is 7.55. The predicted molar refractivity (Wildman–Crippen MR) is 94.5 cm³/mol. The Kier molecular flexibility index (Phi) is 8.45. The number of hydrogen-bond donors (Lipinski definition) is 0. The molecular weight excluding hydrogens is 589 g/mol. The number of hydrogen-bond acceptors (Lipinski definition) is 3. The molecule has 0 heterocycles. The topological polar surface area (TPSA) is 57.2 Å². The van der Waals surface area contributed by atoms with Gasteiger partial charge in [0.15, 0.2) is 30.4 Å². The van der Waals surface area contributed by atoms with Gasteiger partial charge < -0.3 is 4.55 Å². The lowest BCUT2D eigenvalue weighted by molar-refractivity contribution is -0.597. The van der Waals surface area contributed by atoms with Crippen molar-refractivity contribution in [2.24, 2.45) is 0 Å². The van der Waals surface area contributed by atoms with Crippen LogP contribution in [0.4, 0.5) is 22.0 Å². The molecule has 0 unspecified atom stereocenters. The Morgan fingerprint density at radius 2 is 0.933 bits per heavy atom. The van der Waals surface area contributed by atoms with E-state index >= 15 is 0 Å². The zero-order valence-electron chi connectivity index (χ0n) is 14.3. The summed E-state index contributed by atoms with van der Waals surface area (Å²) in [7, 11) is -5.77. The second-order valence-electron chi connectivity index (χ2n) is 5.32. The Morgan fingerprint density at radius 3 is 1.23 bits per heavy atom. The van der Waals surface area contributed by atoms with Crippen molar-refractivity contribution in [3.8, 4) is 0 Å². The van der Waals surface area contributed by atoms with Gasteiger partial charge in [-0.05, 0) is 48.5 Å². The summed E-state index contributed by atoms with van der Waals surface area (Å²) < 4.78 is 95.6. The van der Waals surface area contributed by atoms with Crippen molar-refractivity contribution in [1.29, 1.82) is 0 Å². The van der Waals surface area contributed by atoms with Gasteiger partial charge in [0.1, 0.15) is 15.0 Å². The van der Waals surface area contributed by atoms with E-state index in [4.69, 9.17) is 23.2 Å². The molecule has 3 aromatic carbocycles. The molecule has 30 heavy (non-hydrogen) atoms. The first-order valence-corrected chi connectivity index (χ1v) is 11.9. The first-order chi connectivity index (χ1) is 13.9. The smallest absolute Gasteiger partial charge is 0.357 e. The van der Waals surface area contributed by atoms with Crippen LogP contribution in [-0.4, -0.2) is 13.0 Å². The third-order valence-corrected chi connectivity index (χ3v) is 7.29. The summed E-state index contributed by atoms with van der Waals surface area (Å²) in [5.41, 5.74) is 0.